The van der Waals surface area contributed by atoms with Gasteiger partial charge in [-0.25, -0.2) is 0 Å². The van der Waals surface area contributed by atoms with E-state index in [0.29, 0.717) is 5.92 Å². The van der Waals surface area contributed by atoms with E-state index in [1.54, 1.807) is 5.08 Å². The van der Waals surface area contributed by atoms with Crippen LogP contribution in [0.25, 0.3) is 0 Å². The first-order chi connectivity index (χ1) is 12.5. The van der Waals surface area contributed by atoms with E-state index in [4.69, 9.17) is 0 Å². The molecule has 0 saturated heterocycles. The van der Waals surface area contributed by atoms with Gasteiger partial charge in [-0.05, 0) is 0 Å². The fraction of sp³-hybridized carbons (Fsp3) is 0.292. The third kappa shape index (κ3) is 2.91. The number of aryl methyl sites for hydroxylation is 3. The predicted octanol–water partition coefficient (Wildman–Crippen LogP) is 4.73. The molecule has 0 N–H and O–H groups in total. The van der Waals surface area contributed by atoms with Crippen LogP contribution in [0, 0.1) is 20.8 Å². The van der Waals surface area contributed by atoms with E-state index >= 15 is 0 Å². The maximum absolute atomic E-state index is 2.53. The third-order valence-electron chi connectivity index (χ3n) is 5.92. The minimum atomic E-state index is -0.819. The van der Waals surface area contributed by atoms with Gasteiger partial charge in [0.1, 0.15) is 0 Å². The van der Waals surface area contributed by atoms with Crippen molar-refractivity contribution < 1.29 is 0 Å². The monoisotopic (exact) mass is 354 g/mol. The molecule has 1 aromatic heterocycles. The molecular weight excluding hydrogens is 327 g/mol. The number of fused-ring (bicyclic) bond motifs is 2. The molecule has 2 heteroatoms. The van der Waals surface area contributed by atoms with Crippen LogP contribution in [-0.2, 0) is 6.42 Å². The minimum absolute atomic E-state index is 0.364. The van der Waals surface area contributed by atoms with Crippen molar-refractivity contribution in [2.24, 2.45) is 0 Å². The van der Waals surface area contributed by atoms with E-state index in [2.05, 4.69) is 89.3 Å². The summed E-state index contributed by atoms with van der Waals surface area (Å²) in [5, 5.41) is 1.58. The molecule has 0 fully saturated rings. The second kappa shape index (κ2) is 6.66. The van der Waals surface area contributed by atoms with Crippen LogP contribution in [0.5, 0.6) is 0 Å². The zero-order valence-electron chi connectivity index (χ0n) is 16.6. The van der Waals surface area contributed by atoms with Gasteiger partial charge in [-0.1, -0.05) is 0 Å². The Morgan fingerprint density at radius 2 is 1.58 bits per heavy atom. The molecule has 0 radical (unpaired) electrons. The molecule has 3 aromatic rings. The quantitative estimate of drug-likeness (QED) is 0.457. The van der Waals surface area contributed by atoms with Crippen molar-refractivity contribution in [3.8, 4) is 0 Å². The standard InChI is InChI=1S/C24H27BSi/c1-15-12-16(2)22(17(3)13-15)23-20-9-7-6-8-18(20)14-19-10-11-21(26(4)5)25-24(19)23/h6-13,23,26H,14H2,1-5H3. The Balaban J connectivity index is 2.01. The Bertz CT molecular complexity index is 964. The van der Waals surface area contributed by atoms with E-state index in [0.717, 1.165) is 6.42 Å². The zero-order chi connectivity index (χ0) is 18.4. The second-order valence-corrected chi connectivity index (χ2v) is 11.2. The van der Waals surface area contributed by atoms with Gasteiger partial charge >= 0.3 is 160 Å². The molecule has 4 rings (SSSR count). The van der Waals surface area contributed by atoms with Gasteiger partial charge in [-0.3, -0.25) is 0 Å². The molecule has 0 bridgehead atoms. The van der Waals surface area contributed by atoms with Gasteiger partial charge in [0.25, 0.3) is 0 Å². The van der Waals surface area contributed by atoms with Gasteiger partial charge in [0, 0.05) is 0 Å². The van der Waals surface area contributed by atoms with Crippen LogP contribution in [-0.4, -0.2) is 15.7 Å². The molecule has 1 aliphatic rings. The molecule has 1 unspecified atom stereocenters. The summed E-state index contributed by atoms with van der Waals surface area (Å²) in [6.07, 6.45) is 1.06. The van der Waals surface area contributed by atoms with Gasteiger partial charge < -0.3 is 0 Å². The molecule has 2 aromatic carbocycles. The average molecular weight is 354 g/mol. The van der Waals surface area contributed by atoms with E-state index in [-0.39, 0.29) is 0 Å². The first-order valence-corrected chi connectivity index (χ1v) is 12.6. The average Bonchev–Trinajstić information content (AvgIpc) is 2.59. The summed E-state index contributed by atoms with van der Waals surface area (Å²) in [4.78, 5) is 0. The number of hydrogen-bond acceptors (Lipinski definition) is 0. The molecule has 1 aliphatic carbocycles. The van der Waals surface area contributed by atoms with Crippen LogP contribution in [0.2, 0.25) is 13.1 Å². The Morgan fingerprint density at radius 3 is 2.27 bits per heavy atom. The molecular formula is C24H27BSi. The molecule has 0 nitrogen and oxygen atoms in total. The van der Waals surface area contributed by atoms with Gasteiger partial charge in [0.15, 0.2) is 0 Å². The van der Waals surface area contributed by atoms with Gasteiger partial charge in [0.05, 0.1) is 0 Å². The topological polar surface area (TPSA) is 0 Å². The normalized spacial score (nSPS) is 15.5. The Kier molecular flexibility index (Phi) is 4.48. The molecule has 0 saturated carbocycles. The van der Waals surface area contributed by atoms with Crippen molar-refractivity contribution in [3.63, 3.8) is 0 Å². The number of benzene rings is 2. The summed E-state index contributed by atoms with van der Waals surface area (Å²) in [7, 11) is -0.819. The molecule has 130 valence electrons. The van der Waals surface area contributed by atoms with Crippen molar-refractivity contribution in [1.29, 1.82) is 0 Å². The zero-order valence-corrected chi connectivity index (χ0v) is 17.7. The Labute approximate surface area is 160 Å². The Morgan fingerprint density at radius 1 is 0.885 bits per heavy atom. The fourth-order valence-corrected chi connectivity index (χ4v) is 5.70. The Hall–Kier alpha value is -1.93. The van der Waals surface area contributed by atoms with E-state index in [9.17, 15) is 0 Å². The van der Waals surface area contributed by atoms with Gasteiger partial charge in [0.2, 0.25) is 0 Å². The molecule has 1 heterocycles. The molecule has 0 spiro atoms. The van der Waals surface area contributed by atoms with Crippen LogP contribution >= 0.6 is 0 Å². The predicted molar refractivity (Wildman–Crippen MR) is 117 cm³/mol. The van der Waals surface area contributed by atoms with Crippen molar-refractivity contribution in [1.82, 2.24) is 0 Å². The van der Waals surface area contributed by atoms with Crippen LogP contribution < -0.4 is 5.08 Å². The van der Waals surface area contributed by atoms with Crippen molar-refractivity contribution in [2.45, 2.75) is 46.2 Å². The van der Waals surface area contributed by atoms with Crippen LogP contribution in [0.15, 0.2) is 48.5 Å². The third-order valence-corrected chi connectivity index (χ3v) is 7.61. The first-order valence-electron chi connectivity index (χ1n) is 9.74. The molecule has 26 heavy (non-hydrogen) atoms. The second-order valence-electron chi connectivity index (χ2n) is 8.23. The molecule has 1 atom stereocenters. The summed E-state index contributed by atoms with van der Waals surface area (Å²) in [5.41, 5.74) is 11.7. The summed E-state index contributed by atoms with van der Waals surface area (Å²) >= 11 is 0. The summed E-state index contributed by atoms with van der Waals surface area (Å²) in [6, 6.07) is 18.5. The van der Waals surface area contributed by atoms with Crippen molar-refractivity contribution in [2.75, 3.05) is 0 Å². The number of hydrogen-bond donors (Lipinski definition) is 0. The maximum atomic E-state index is 2.53. The van der Waals surface area contributed by atoms with Gasteiger partial charge in [-0.2, -0.15) is 0 Å². The molecule has 0 aliphatic heterocycles. The number of rotatable bonds is 2. The van der Waals surface area contributed by atoms with Crippen LogP contribution in [0.3, 0.4) is 0 Å². The van der Waals surface area contributed by atoms with E-state index < -0.39 is 8.80 Å². The summed E-state index contributed by atoms with van der Waals surface area (Å²) < 4.78 is 0. The van der Waals surface area contributed by atoms with Crippen LogP contribution in [0.4, 0.5) is 0 Å². The summed E-state index contributed by atoms with van der Waals surface area (Å²) in [5.74, 6) is 0.364. The summed E-state index contributed by atoms with van der Waals surface area (Å²) in [6.45, 7) is 14.2. The van der Waals surface area contributed by atoms with E-state index in [1.165, 1.54) is 44.4 Å². The first kappa shape index (κ1) is 17.5. The van der Waals surface area contributed by atoms with Crippen molar-refractivity contribution in [3.05, 3.63) is 92.9 Å². The van der Waals surface area contributed by atoms with Crippen molar-refractivity contribution >= 4 is 20.8 Å². The van der Waals surface area contributed by atoms with Gasteiger partial charge in [-0.15, -0.1) is 0 Å². The van der Waals surface area contributed by atoms with E-state index in [1.807, 2.05) is 0 Å². The fourth-order valence-electron chi connectivity index (χ4n) is 4.71. The van der Waals surface area contributed by atoms with Crippen LogP contribution in [0.1, 0.15) is 50.3 Å². The molecule has 0 amide bonds. The SMILES string of the molecule is Cc1cc(C)c(C2c3bc([SiH](C)C)ccc3Cc3ccccc32)c(C)c1.